The fourth-order valence-electron chi connectivity index (χ4n) is 2.25. The SMILES string of the molecule is [CH2]CC1C[CH]C(CCCCC(=O)OC)C1. The maximum absolute atomic E-state index is 10.9. The average molecular weight is 210 g/mol. The van der Waals surface area contributed by atoms with Crippen LogP contribution in [0.25, 0.3) is 0 Å². The van der Waals surface area contributed by atoms with Gasteiger partial charge >= 0.3 is 5.97 Å². The van der Waals surface area contributed by atoms with Crippen molar-refractivity contribution in [3.8, 4) is 0 Å². The minimum atomic E-state index is -0.0824. The van der Waals surface area contributed by atoms with Crippen LogP contribution in [0.5, 0.6) is 0 Å². The van der Waals surface area contributed by atoms with Crippen molar-refractivity contribution in [2.75, 3.05) is 7.11 Å². The van der Waals surface area contributed by atoms with Crippen molar-refractivity contribution in [2.45, 2.75) is 44.9 Å². The van der Waals surface area contributed by atoms with E-state index in [1.54, 1.807) is 0 Å². The van der Waals surface area contributed by atoms with Crippen molar-refractivity contribution < 1.29 is 9.53 Å². The molecule has 0 aromatic carbocycles. The third-order valence-corrected chi connectivity index (χ3v) is 3.28. The van der Waals surface area contributed by atoms with E-state index < -0.39 is 0 Å². The molecule has 2 nitrogen and oxygen atoms in total. The van der Waals surface area contributed by atoms with Crippen LogP contribution < -0.4 is 0 Å². The molecule has 0 heterocycles. The molecule has 0 aromatic heterocycles. The van der Waals surface area contributed by atoms with E-state index in [4.69, 9.17) is 0 Å². The third-order valence-electron chi connectivity index (χ3n) is 3.28. The predicted molar refractivity (Wildman–Crippen MR) is 61.0 cm³/mol. The lowest BCUT2D eigenvalue weighted by Crippen LogP contribution is -2.01. The molecular formula is C13H22O2. The van der Waals surface area contributed by atoms with Gasteiger partial charge in [0.25, 0.3) is 0 Å². The minimum Gasteiger partial charge on any atom is -0.469 e. The Hall–Kier alpha value is -0.530. The molecule has 0 aromatic rings. The molecule has 1 saturated carbocycles. The number of carbonyl (C=O) groups excluding carboxylic acids is 1. The van der Waals surface area contributed by atoms with Crippen molar-refractivity contribution >= 4 is 5.97 Å². The Kier molecular flexibility index (Phi) is 5.74. The third kappa shape index (κ3) is 4.67. The largest absolute Gasteiger partial charge is 0.469 e. The van der Waals surface area contributed by atoms with E-state index in [9.17, 15) is 4.79 Å². The van der Waals surface area contributed by atoms with Crippen molar-refractivity contribution in [1.82, 2.24) is 0 Å². The molecule has 1 aliphatic rings. The molecule has 2 unspecified atom stereocenters. The van der Waals surface area contributed by atoms with E-state index in [0.29, 0.717) is 6.42 Å². The number of ether oxygens (including phenoxy) is 1. The van der Waals surface area contributed by atoms with Gasteiger partial charge < -0.3 is 4.74 Å². The van der Waals surface area contributed by atoms with Gasteiger partial charge in [-0.2, -0.15) is 0 Å². The van der Waals surface area contributed by atoms with Gasteiger partial charge in [0.1, 0.15) is 0 Å². The van der Waals surface area contributed by atoms with Gasteiger partial charge in [-0.25, -0.2) is 0 Å². The van der Waals surface area contributed by atoms with Gasteiger partial charge in [-0.05, 0) is 37.5 Å². The lowest BCUT2D eigenvalue weighted by molar-refractivity contribution is -0.140. The second-order valence-corrected chi connectivity index (χ2v) is 4.44. The summed E-state index contributed by atoms with van der Waals surface area (Å²) in [6.07, 6.45) is 9.96. The quantitative estimate of drug-likeness (QED) is 0.497. The molecule has 1 aliphatic carbocycles. The van der Waals surface area contributed by atoms with E-state index in [1.807, 2.05) is 0 Å². The second-order valence-electron chi connectivity index (χ2n) is 4.44. The standard InChI is InChI=1S/C13H22O2/c1-3-11-8-9-12(10-11)6-4-5-7-13(14)15-2/h9,11-12H,1,3-8,10H2,2H3. The summed E-state index contributed by atoms with van der Waals surface area (Å²) in [5.41, 5.74) is 0. The molecule has 0 spiro atoms. The first-order chi connectivity index (χ1) is 7.26. The Morgan fingerprint density at radius 2 is 2.33 bits per heavy atom. The molecule has 15 heavy (non-hydrogen) atoms. The predicted octanol–water partition coefficient (Wildman–Crippen LogP) is 3.17. The summed E-state index contributed by atoms with van der Waals surface area (Å²) in [7, 11) is 1.45. The molecule has 86 valence electrons. The fraction of sp³-hybridized carbons (Fsp3) is 0.769. The van der Waals surface area contributed by atoms with Crippen LogP contribution in [0.2, 0.25) is 0 Å². The Morgan fingerprint density at radius 1 is 1.53 bits per heavy atom. The van der Waals surface area contributed by atoms with E-state index in [-0.39, 0.29) is 5.97 Å². The number of rotatable bonds is 6. The van der Waals surface area contributed by atoms with Crippen molar-refractivity contribution in [2.24, 2.45) is 11.8 Å². The maximum atomic E-state index is 10.9. The van der Waals surface area contributed by atoms with E-state index in [2.05, 4.69) is 18.1 Å². The Bertz CT molecular complexity index is 189. The lowest BCUT2D eigenvalue weighted by Gasteiger charge is -2.09. The van der Waals surface area contributed by atoms with Crippen LogP contribution in [0, 0.1) is 25.2 Å². The zero-order valence-corrected chi connectivity index (χ0v) is 9.71. The van der Waals surface area contributed by atoms with E-state index >= 15 is 0 Å². The van der Waals surface area contributed by atoms with Gasteiger partial charge in [-0.1, -0.05) is 26.2 Å². The summed E-state index contributed by atoms with van der Waals surface area (Å²) in [5, 5.41) is 0. The number of unbranched alkanes of at least 4 members (excludes halogenated alkanes) is 1. The summed E-state index contributed by atoms with van der Waals surface area (Å²) >= 11 is 0. The number of hydrogen-bond donors (Lipinski definition) is 0. The molecule has 2 atom stereocenters. The molecular weight excluding hydrogens is 188 g/mol. The van der Waals surface area contributed by atoms with E-state index in [1.165, 1.54) is 26.4 Å². The summed E-state index contributed by atoms with van der Waals surface area (Å²) < 4.78 is 4.60. The highest BCUT2D eigenvalue weighted by molar-refractivity contribution is 5.68. The molecule has 0 amide bonds. The van der Waals surface area contributed by atoms with E-state index in [0.717, 1.165) is 31.1 Å². The van der Waals surface area contributed by atoms with Crippen LogP contribution in [0.3, 0.4) is 0 Å². The Labute approximate surface area is 93.4 Å². The van der Waals surface area contributed by atoms with Crippen molar-refractivity contribution in [3.63, 3.8) is 0 Å². The normalized spacial score (nSPS) is 25.5. The summed E-state index contributed by atoms with van der Waals surface area (Å²) in [6, 6.07) is 0. The van der Waals surface area contributed by atoms with Gasteiger partial charge in [0.15, 0.2) is 0 Å². The summed E-state index contributed by atoms with van der Waals surface area (Å²) in [4.78, 5) is 10.9. The van der Waals surface area contributed by atoms with Gasteiger partial charge in [0.2, 0.25) is 0 Å². The molecule has 2 heteroatoms. The first-order valence-corrected chi connectivity index (χ1v) is 5.95. The fourth-order valence-corrected chi connectivity index (χ4v) is 2.25. The molecule has 0 saturated heterocycles. The maximum Gasteiger partial charge on any atom is 0.305 e. The molecule has 1 fully saturated rings. The molecule has 0 bridgehead atoms. The topological polar surface area (TPSA) is 26.3 Å². The van der Waals surface area contributed by atoms with Crippen molar-refractivity contribution in [1.29, 1.82) is 0 Å². The Morgan fingerprint density at radius 3 is 2.93 bits per heavy atom. The number of carbonyl (C=O) groups is 1. The van der Waals surface area contributed by atoms with Crippen LogP contribution in [0.4, 0.5) is 0 Å². The average Bonchev–Trinajstić information content (AvgIpc) is 2.72. The molecule has 1 rings (SSSR count). The summed E-state index contributed by atoms with van der Waals surface area (Å²) in [6.45, 7) is 3.95. The minimum absolute atomic E-state index is 0.0824. The van der Waals surface area contributed by atoms with Gasteiger partial charge in [0, 0.05) is 6.42 Å². The Balaban J connectivity index is 1.99. The first-order valence-electron chi connectivity index (χ1n) is 5.95. The number of esters is 1. The summed E-state index contributed by atoms with van der Waals surface area (Å²) in [5.74, 6) is 1.51. The number of methoxy groups -OCH3 is 1. The van der Waals surface area contributed by atoms with Gasteiger partial charge in [0.05, 0.1) is 7.11 Å². The zero-order valence-electron chi connectivity index (χ0n) is 9.71. The smallest absolute Gasteiger partial charge is 0.305 e. The first kappa shape index (κ1) is 12.5. The van der Waals surface area contributed by atoms with Crippen molar-refractivity contribution in [3.05, 3.63) is 13.3 Å². The van der Waals surface area contributed by atoms with Crippen LogP contribution in [0.1, 0.15) is 44.9 Å². The second kappa shape index (κ2) is 6.86. The lowest BCUT2D eigenvalue weighted by atomic mass is 9.97. The molecule has 0 aliphatic heterocycles. The highest BCUT2D eigenvalue weighted by Crippen LogP contribution is 2.34. The van der Waals surface area contributed by atoms with Crippen LogP contribution in [-0.4, -0.2) is 13.1 Å². The van der Waals surface area contributed by atoms with Gasteiger partial charge in [-0.15, -0.1) is 0 Å². The molecule has 2 radical (unpaired) electrons. The highest BCUT2D eigenvalue weighted by atomic mass is 16.5. The van der Waals surface area contributed by atoms with Crippen LogP contribution in [0.15, 0.2) is 0 Å². The van der Waals surface area contributed by atoms with Crippen LogP contribution in [-0.2, 0) is 9.53 Å². The monoisotopic (exact) mass is 210 g/mol. The van der Waals surface area contributed by atoms with Crippen LogP contribution >= 0.6 is 0 Å². The molecule has 0 N–H and O–H groups in total. The number of hydrogen-bond acceptors (Lipinski definition) is 2. The highest BCUT2D eigenvalue weighted by Gasteiger charge is 2.22. The zero-order chi connectivity index (χ0) is 11.1. The van der Waals surface area contributed by atoms with Gasteiger partial charge in [-0.3, -0.25) is 4.79 Å².